The molecular formula is C17H11F3N4OS. The minimum absolute atomic E-state index is 0.0821. The van der Waals surface area contributed by atoms with Gasteiger partial charge in [0.05, 0.1) is 0 Å². The van der Waals surface area contributed by atoms with E-state index in [0.717, 1.165) is 4.68 Å². The maximum atomic E-state index is 14.0. The summed E-state index contributed by atoms with van der Waals surface area (Å²) in [5.41, 5.74) is 0.529. The first-order chi connectivity index (χ1) is 12.4. The van der Waals surface area contributed by atoms with Crippen molar-refractivity contribution in [2.45, 2.75) is 16.2 Å². The average Bonchev–Trinajstić information content (AvgIpc) is 3.07. The minimum atomic E-state index is -4.74. The Labute approximate surface area is 150 Å². The zero-order chi connectivity index (χ0) is 18.4. The Morgan fingerprint density at radius 1 is 1.00 bits per heavy atom. The molecule has 0 fully saturated rings. The molecule has 2 heterocycles. The molecule has 1 aliphatic heterocycles. The Morgan fingerprint density at radius 2 is 1.62 bits per heavy atom. The first kappa shape index (κ1) is 16.6. The van der Waals surface area contributed by atoms with Crippen LogP contribution in [0.15, 0.2) is 65.8 Å². The summed E-state index contributed by atoms with van der Waals surface area (Å²) >= 11 is 0.416. The van der Waals surface area contributed by atoms with Crippen molar-refractivity contribution in [3.05, 3.63) is 66.2 Å². The summed E-state index contributed by atoms with van der Waals surface area (Å²) in [5, 5.41) is 6.00. The molecule has 0 aliphatic carbocycles. The highest BCUT2D eigenvalue weighted by molar-refractivity contribution is 8.00. The molecule has 0 saturated heterocycles. The largest absolute Gasteiger partial charge is 0.425 e. The molecule has 1 aliphatic rings. The van der Waals surface area contributed by atoms with E-state index in [4.69, 9.17) is 0 Å². The van der Waals surface area contributed by atoms with Crippen LogP contribution in [0.25, 0.3) is 11.4 Å². The van der Waals surface area contributed by atoms with Crippen molar-refractivity contribution in [1.82, 2.24) is 20.1 Å². The molecule has 3 aromatic rings. The Bertz CT molecular complexity index is 959. The fraction of sp³-hybridized carbons (Fsp3) is 0.118. The van der Waals surface area contributed by atoms with E-state index >= 15 is 0 Å². The van der Waals surface area contributed by atoms with Gasteiger partial charge in [-0.05, 0) is 17.3 Å². The smallest absolute Gasteiger partial charge is 0.309 e. The molecule has 1 aromatic heterocycles. The first-order valence-electron chi connectivity index (χ1n) is 7.57. The van der Waals surface area contributed by atoms with Gasteiger partial charge in [0.15, 0.2) is 11.0 Å². The van der Waals surface area contributed by atoms with Crippen molar-refractivity contribution in [3.8, 4) is 11.4 Å². The number of thioether (sulfide) groups is 1. The summed E-state index contributed by atoms with van der Waals surface area (Å²) in [4.78, 5) is 13.9. The number of carbonyl (C=O) groups is 1. The van der Waals surface area contributed by atoms with E-state index in [1.54, 1.807) is 36.4 Å². The second kappa shape index (κ2) is 5.87. The van der Waals surface area contributed by atoms with Gasteiger partial charge in [-0.2, -0.15) is 17.9 Å². The molecule has 0 unspecified atom stereocenters. The predicted molar refractivity (Wildman–Crippen MR) is 89.4 cm³/mol. The molecule has 0 saturated carbocycles. The molecule has 0 spiro atoms. The maximum absolute atomic E-state index is 14.0. The third-order valence-electron chi connectivity index (χ3n) is 3.91. The summed E-state index contributed by atoms with van der Waals surface area (Å²) in [7, 11) is 0. The van der Waals surface area contributed by atoms with E-state index in [9.17, 15) is 18.0 Å². The summed E-state index contributed by atoms with van der Waals surface area (Å²) in [6.45, 7) is 0. The zero-order valence-electron chi connectivity index (χ0n) is 13.1. The van der Waals surface area contributed by atoms with Crippen LogP contribution in [-0.4, -0.2) is 27.0 Å². The number of benzene rings is 2. The Morgan fingerprint density at radius 3 is 2.23 bits per heavy atom. The summed E-state index contributed by atoms with van der Waals surface area (Å²) < 4.78 is 42.8. The van der Waals surface area contributed by atoms with Crippen LogP contribution in [0.3, 0.4) is 0 Å². The van der Waals surface area contributed by atoms with Gasteiger partial charge in [-0.1, -0.05) is 60.7 Å². The zero-order valence-corrected chi connectivity index (χ0v) is 13.9. The molecule has 2 aromatic carbocycles. The summed E-state index contributed by atoms with van der Waals surface area (Å²) in [6, 6.07) is 15.0. The number of amides is 1. The molecule has 26 heavy (non-hydrogen) atoms. The highest BCUT2D eigenvalue weighted by atomic mass is 32.2. The molecular weight excluding hydrogens is 365 g/mol. The summed E-state index contributed by atoms with van der Waals surface area (Å²) in [5.74, 6) is 0.189. The summed E-state index contributed by atoms with van der Waals surface area (Å²) in [6.07, 6.45) is -4.74. The third-order valence-corrected chi connectivity index (χ3v) is 5.23. The standard InChI is InChI=1S/C17H11F3N4OS/c18-17(19,20)16(12-9-5-2-6-10-12)22-14(25)24-15(26-16)21-13(23-24)11-7-3-1-4-8-11/h1-10H,(H,22,25)/t16-/m0/s1. The van der Waals surface area contributed by atoms with E-state index in [0.29, 0.717) is 17.3 Å². The van der Waals surface area contributed by atoms with Crippen molar-refractivity contribution in [2.24, 2.45) is 0 Å². The normalized spacial score (nSPS) is 19.7. The van der Waals surface area contributed by atoms with Crippen molar-refractivity contribution >= 4 is 17.8 Å². The number of nitrogens with one attached hydrogen (secondary N) is 1. The van der Waals surface area contributed by atoms with Gasteiger partial charge >= 0.3 is 12.2 Å². The minimum Gasteiger partial charge on any atom is -0.309 e. The molecule has 0 radical (unpaired) electrons. The molecule has 132 valence electrons. The molecule has 1 atom stereocenters. The predicted octanol–water partition coefficient (Wildman–Crippen LogP) is 4.02. The van der Waals surface area contributed by atoms with Gasteiger partial charge in [-0.25, -0.2) is 9.78 Å². The van der Waals surface area contributed by atoms with E-state index in [2.05, 4.69) is 15.4 Å². The number of halogens is 3. The number of rotatable bonds is 2. The lowest BCUT2D eigenvalue weighted by Crippen LogP contribution is -2.57. The highest BCUT2D eigenvalue weighted by Crippen LogP contribution is 2.51. The van der Waals surface area contributed by atoms with Crippen LogP contribution < -0.4 is 5.32 Å². The molecule has 5 nitrogen and oxygen atoms in total. The van der Waals surface area contributed by atoms with Crippen molar-refractivity contribution in [2.75, 3.05) is 0 Å². The lowest BCUT2D eigenvalue weighted by Gasteiger charge is -2.37. The monoisotopic (exact) mass is 376 g/mol. The second-order valence-corrected chi connectivity index (χ2v) is 6.75. The molecule has 4 rings (SSSR count). The number of hydrogen-bond acceptors (Lipinski definition) is 4. The number of aromatic nitrogens is 3. The van der Waals surface area contributed by atoms with Gasteiger partial charge < -0.3 is 5.32 Å². The molecule has 1 amide bonds. The Kier molecular flexibility index (Phi) is 3.76. The molecule has 1 N–H and O–H groups in total. The van der Waals surface area contributed by atoms with Crippen molar-refractivity contribution in [3.63, 3.8) is 0 Å². The molecule has 9 heteroatoms. The SMILES string of the molecule is O=C1N[C@](c2ccccc2)(C(F)(F)F)Sc2nc(-c3ccccc3)nn21. The number of hydrogen-bond donors (Lipinski definition) is 1. The van der Waals surface area contributed by atoms with E-state index in [-0.39, 0.29) is 16.5 Å². The van der Waals surface area contributed by atoms with E-state index in [1.165, 1.54) is 24.3 Å². The van der Waals surface area contributed by atoms with Gasteiger partial charge in [0.2, 0.25) is 4.87 Å². The molecule has 0 bridgehead atoms. The van der Waals surface area contributed by atoms with Crippen LogP contribution in [0.2, 0.25) is 0 Å². The van der Waals surface area contributed by atoms with E-state index < -0.39 is 17.1 Å². The van der Waals surface area contributed by atoms with Gasteiger partial charge in [-0.15, -0.1) is 5.10 Å². The van der Waals surface area contributed by atoms with Crippen molar-refractivity contribution < 1.29 is 18.0 Å². The Hall–Kier alpha value is -2.81. The fourth-order valence-electron chi connectivity index (χ4n) is 2.67. The van der Waals surface area contributed by atoms with Gasteiger partial charge in [0, 0.05) is 5.56 Å². The van der Waals surface area contributed by atoms with Crippen LogP contribution in [-0.2, 0) is 4.87 Å². The number of alkyl halides is 3. The van der Waals surface area contributed by atoms with E-state index in [1.807, 2.05) is 0 Å². The topological polar surface area (TPSA) is 59.8 Å². The number of nitrogens with zero attached hydrogens (tertiary/aromatic N) is 3. The number of fused-ring (bicyclic) bond motifs is 1. The highest BCUT2D eigenvalue weighted by Gasteiger charge is 2.61. The van der Waals surface area contributed by atoms with Crippen LogP contribution in [0.5, 0.6) is 0 Å². The third kappa shape index (κ3) is 2.55. The van der Waals surface area contributed by atoms with Crippen LogP contribution in [0, 0.1) is 0 Å². The second-order valence-electron chi connectivity index (χ2n) is 5.57. The van der Waals surface area contributed by atoms with Gasteiger partial charge in [0.25, 0.3) is 0 Å². The van der Waals surface area contributed by atoms with Gasteiger partial charge in [0.1, 0.15) is 0 Å². The van der Waals surface area contributed by atoms with Gasteiger partial charge in [-0.3, -0.25) is 0 Å². The lowest BCUT2D eigenvalue weighted by atomic mass is 10.1. The quantitative estimate of drug-likeness (QED) is 0.734. The fourth-order valence-corrected chi connectivity index (χ4v) is 3.79. The lowest BCUT2D eigenvalue weighted by molar-refractivity contribution is -0.168. The van der Waals surface area contributed by atoms with Crippen LogP contribution >= 0.6 is 11.8 Å². The Balaban J connectivity index is 1.84. The first-order valence-corrected chi connectivity index (χ1v) is 8.39. The van der Waals surface area contributed by atoms with Crippen LogP contribution in [0.1, 0.15) is 5.56 Å². The van der Waals surface area contributed by atoms with Crippen LogP contribution in [0.4, 0.5) is 18.0 Å². The number of carbonyl (C=O) groups excluding carboxylic acids is 1. The van der Waals surface area contributed by atoms with Crippen molar-refractivity contribution in [1.29, 1.82) is 0 Å². The maximum Gasteiger partial charge on any atom is 0.425 e. The average molecular weight is 376 g/mol.